The van der Waals surface area contributed by atoms with Crippen LogP contribution in [0.1, 0.15) is 57.6 Å². The third-order valence-electron chi connectivity index (χ3n) is 7.48. The van der Waals surface area contributed by atoms with Gasteiger partial charge in [0.1, 0.15) is 5.82 Å². The molecule has 10 heteroatoms. The van der Waals surface area contributed by atoms with Crippen molar-refractivity contribution in [1.29, 1.82) is 0 Å². The minimum atomic E-state index is -0.563. The maximum absolute atomic E-state index is 14.2. The van der Waals surface area contributed by atoms with Gasteiger partial charge in [0.15, 0.2) is 17.5 Å². The zero-order chi connectivity index (χ0) is 22.8. The maximum Gasteiger partial charge on any atom is 0.321 e. The number of anilines is 2. The van der Waals surface area contributed by atoms with Crippen molar-refractivity contribution in [3.63, 3.8) is 0 Å². The lowest BCUT2D eigenvalue weighted by atomic mass is 9.94. The average Bonchev–Trinajstić information content (AvgIpc) is 3.38. The van der Waals surface area contributed by atoms with E-state index in [-0.39, 0.29) is 23.4 Å². The highest BCUT2D eigenvalue weighted by Gasteiger charge is 2.50. The third kappa shape index (κ3) is 3.15. The molecule has 2 fully saturated rings. The molecule has 0 bridgehead atoms. The van der Waals surface area contributed by atoms with Crippen LogP contribution in [0, 0.1) is 12.7 Å². The summed E-state index contributed by atoms with van der Waals surface area (Å²) in [5.74, 6) is 0.482. The molecule has 2 aromatic heterocycles. The number of hydrogen-bond acceptors (Lipinski definition) is 6. The Labute approximate surface area is 187 Å². The van der Waals surface area contributed by atoms with Crippen molar-refractivity contribution < 1.29 is 9.18 Å². The number of carbonyl (C=O) groups excluding carboxylic acids is 1. The maximum atomic E-state index is 14.2. The van der Waals surface area contributed by atoms with Crippen LogP contribution in [0.3, 0.4) is 0 Å². The Bertz CT molecular complexity index is 1070. The standard InChI is InChI=1S/C22H31FN8O/c1-13-10-29-8-6-7-22(29,5)12-30(13)20(32)31-11-15-17(21(31,3)4)27-28-18(15)26-19-16(23)9-24-14(2)25-19/h9,13H,6-8,10-12H2,1-5H3,(H2,24,25,26,27,28)/t13-,22-/m0/s1. The van der Waals surface area contributed by atoms with Crippen LogP contribution < -0.4 is 5.32 Å². The van der Waals surface area contributed by atoms with Crippen LogP contribution in [0.15, 0.2) is 6.20 Å². The van der Waals surface area contributed by atoms with E-state index >= 15 is 0 Å². The van der Waals surface area contributed by atoms with E-state index in [4.69, 9.17) is 0 Å². The van der Waals surface area contributed by atoms with Gasteiger partial charge in [-0.25, -0.2) is 19.2 Å². The SMILES string of the molecule is Cc1ncc(F)c(Nc2n[nH]c3c2CN(C(=O)N2C[C@]4(C)CCCN4C[C@@H]2C)C3(C)C)n1. The Morgan fingerprint density at radius 1 is 1.31 bits per heavy atom. The summed E-state index contributed by atoms with van der Waals surface area (Å²) in [6.07, 6.45) is 3.45. The first kappa shape index (κ1) is 21.1. The summed E-state index contributed by atoms with van der Waals surface area (Å²) in [7, 11) is 0. The monoisotopic (exact) mass is 442 g/mol. The van der Waals surface area contributed by atoms with Gasteiger partial charge in [0.25, 0.3) is 0 Å². The normalized spacial score (nSPS) is 26.9. The summed E-state index contributed by atoms with van der Waals surface area (Å²) >= 11 is 0. The molecule has 0 aliphatic carbocycles. The summed E-state index contributed by atoms with van der Waals surface area (Å²) < 4.78 is 14.2. The van der Waals surface area contributed by atoms with Gasteiger partial charge in [-0.2, -0.15) is 5.10 Å². The first-order valence-corrected chi connectivity index (χ1v) is 11.3. The first-order chi connectivity index (χ1) is 15.1. The average molecular weight is 443 g/mol. The van der Waals surface area contributed by atoms with E-state index in [0.29, 0.717) is 18.2 Å². The highest BCUT2D eigenvalue weighted by atomic mass is 19.1. The zero-order valence-corrected chi connectivity index (χ0v) is 19.4. The molecule has 9 nitrogen and oxygen atoms in total. The number of rotatable bonds is 2. The molecule has 2 atom stereocenters. The molecule has 2 N–H and O–H groups in total. The number of aromatic nitrogens is 4. The van der Waals surface area contributed by atoms with E-state index in [2.05, 4.69) is 44.2 Å². The fourth-order valence-corrected chi connectivity index (χ4v) is 5.50. The minimum Gasteiger partial charge on any atom is -0.321 e. The van der Waals surface area contributed by atoms with Gasteiger partial charge in [-0.1, -0.05) is 0 Å². The molecule has 2 aromatic rings. The number of aryl methyl sites for hydroxylation is 1. The van der Waals surface area contributed by atoms with Crippen LogP contribution in [0.5, 0.6) is 0 Å². The van der Waals surface area contributed by atoms with Crippen molar-refractivity contribution in [2.24, 2.45) is 0 Å². The van der Waals surface area contributed by atoms with E-state index in [0.717, 1.165) is 43.5 Å². The van der Waals surface area contributed by atoms with Gasteiger partial charge in [0, 0.05) is 30.2 Å². The topological polar surface area (TPSA) is 93.3 Å². The van der Waals surface area contributed by atoms with E-state index in [9.17, 15) is 9.18 Å². The number of piperazine rings is 1. The van der Waals surface area contributed by atoms with Crippen molar-refractivity contribution in [3.8, 4) is 0 Å². The van der Waals surface area contributed by atoms with E-state index in [1.165, 1.54) is 6.42 Å². The molecule has 5 rings (SSSR count). The van der Waals surface area contributed by atoms with Gasteiger partial charge in [0.05, 0.1) is 24.0 Å². The number of H-pyrrole nitrogens is 1. The number of nitrogens with one attached hydrogen (secondary N) is 2. The van der Waals surface area contributed by atoms with Crippen LogP contribution in [0.2, 0.25) is 0 Å². The Hall–Kier alpha value is -2.75. The fourth-order valence-electron chi connectivity index (χ4n) is 5.50. The number of urea groups is 1. The first-order valence-electron chi connectivity index (χ1n) is 11.3. The second-order valence-corrected chi connectivity index (χ2v) is 10.1. The fraction of sp³-hybridized carbons (Fsp3) is 0.636. The Morgan fingerprint density at radius 3 is 2.88 bits per heavy atom. The molecule has 3 aliphatic heterocycles. The van der Waals surface area contributed by atoms with Gasteiger partial charge in [0.2, 0.25) is 0 Å². The van der Waals surface area contributed by atoms with Crippen LogP contribution in [0.25, 0.3) is 0 Å². The predicted molar refractivity (Wildman–Crippen MR) is 118 cm³/mol. The van der Waals surface area contributed by atoms with Crippen molar-refractivity contribution in [2.75, 3.05) is 25.0 Å². The smallest absolute Gasteiger partial charge is 0.321 e. The van der Waals surface area contributed by atoms with Crippen molar-refractivity contribution in [2.45, 2.75) is 71.1 Å². The second kappa shape index (κ2) is 7.13. The van der Waals surface area contributed by atoms with Crippen molar-refractivity contribution in [3.05, 3.63) is 29.1 Å². The lowest BCUT2D eigenvalue weighted by molar-refractivity contribution is 0.00691. The number of nitrogens with zero attached hydrogens (tertiary/aromatic N) is 6. The van der Waals surface area contributed by atoms with Gasteiger partial charge in [-0.15, -0.1) is 0 Å². The molecule has 0 aromatic carbocycles. The molecule has 172 valence electrons. The summed E-state index contributed by atoms with van der Waals surface area (Å²) in [5, 5.41) is 10.4. The molecular formula is C22H31FN8O. The molecular weight excluding hydrogens is 411 g/mol. The number of halogens is 1. The van der Waals surface area contributed by atoms with E-state index < -0.39 is 11.4 Å². The molecule has 32 heavy (non-hydrogen) atoms. The van der Waals surface area contributed by atoms with Crippen LogP contribution in [-0.2, 0) is 12.1 Å². The summed E-state index contributed by atoms with van der Waals surface area (Å²) in [5.41, 5.74) is 1.21. The molecule has 0 radical (unpaired) electrons. The van der Waals surface area contributed by atoms with Crippen molar-refractivity contribution in [1.82, 2.24) is 34.9 Å². The van der Waals surface area contributed by atoms with E-state index in [1.807, 2.05) is 23.6 Å². The highest BCUT2D eigenvalue weighted by molar-refractivity contribution is 5.78. The highest BCUT2D eigenvalue weighted by Crippen LogP contribution is 2.43. The summed E-state index contributed by atoms with van der Waals surface area (Å²) in [4.78, 5) is 28.3. The quantitative estimate of drug-likeness (QED) is 0.742. The molecule has 0 unspecified atom stereocenters. The number of amides is 2. The minimum absolute atomic E-state index is 0.0369. The molecule has 2 saturated heterocycles. The number of aromatic amines is 1. The third-order valence-corrected chi connectivity index (χ3v) is 7.48. The second-order valence-electron chi connectivity index (χ2n) is 10.1. The van der Waals surface area contributed by atoms with Crippen molar-refractivity contribution >= 4 is 17.7 Å². The van der Waals surface area contributed by atoms with Crippen LogP contribution in [-0.4, -0.2) is 72.1 Å². The molecule has 5 heterocycles. The molecule has 3 aliphatic rings. The summed E-state index contributed by atoms with van der Waals surface area (Å²) in [6, 6.07) is 0.187. The molecule has 2 amide bonds. The number of fused-ring (bicyclic) bond motifs is 2. The predicted octanol–water partition coefficient (Wildman–Crippen LogP) is 3.12. The van der Waals surface area contributed by atoms with Gasteiger partial charge < -0.3 is 15.1 Å². The van der Waals surface area contributed by atoms with E-state index in [1.54, 1.807) is 6.92 Å². The Balaban J connectivity index is 1.40. The number of hydrogen-bond donors (Lipinski definition) is 2. The van der Waals surface area contributed by atoms with Gasteiger partial charge >= 0.3 is 6.03 Å². The van der Waals surface area contributed by atoms with Gasteiger partial charge in [-0.3, -0.25) is 10.00 Å². The lowest BCUT2D eigenvalue weighted by Gasteiger charge is -2.50. The van der Waals surface area contributed by atoms with Gasteiger partial charge in [-0.05, 0) is 54.0 Å². The zero-order valence-electron chi connectivity index (χ0n) is 19.4. The Morgan fingerprint density at radius 2 is 2.09 bits per heavy atom. The number of carbonyl (C=O) groups is 1. The van der Waals surface area contributed by atoms with Crippen LogP contribution in [0.4, 0.5) is 20.8 Å². The summed E-state index contributed by atoms with van der Waals surface area (Å²) in [6.45, 7) is 13.3. The lowest BCUT2D eigenvalue weighted by Crippen LogP contribution is -2.65. The Kier molecular flexibility index (Phi) is 4.70. The molecule has 0 spiro atoms. The largest absolute Gasteiger partial charge is 0.321 e. The molecule has 0 saturated carbocycles. The van der Waals surface area contributed by atoms with Crippen LogP contribution >= 0.6 is 0 Å².